The second-order valence-electron chi connectivity index (χ2n) is 5.50. The van der Waals surface area contributed by atoms with Crippen LogP contribution in [0.15, 0.2) is 0 Å². The van der Waals surface area contributed by atoms with E-state index in [4.69, 9.17) is 0 Å². The van der Waals surface area contributed by atoms with E-state index in [-0.39, 0.29) is 25.4 Å². The smallest absolute Gasteiger partial charge is 0.356 e. The maximum absolute atomic E-state index is 11.9. The Kier molecular flexibility index (Phi) is 7.53. The van der Waals surface area contributed by atoms with Crippen LogP contribution in [0.1, 0.15) is 51.4 Å². The molecule has 0 atom stereocenters. The Morgan fingerprint density at radius 2 is 1.62 bits per heavy atom. The zero-order chi connectivity index (χ0) is 15.7. The Balaban J connectivity index is 1.99. The number of carbonyl (C=O) groups is 2. The molecule has 0 bridgehead atoms. The van der Waals surface area contributed by atoms with Crippen molar-refractivity contribution in [2.45, 2.75) is 57.5 Å². The average Bonchev–Trinajstić information content (AvgIpc) is 2.44. The Morgan fingerprint density at radius 1 is 1.00 bits per heavy atom. The number of carbonyl (C=O) groups excluding carboxylic acids is 2. The maximum atomic E-state index is 11.9. The number of hydrogen-bond acceptors (Lipinski definition) is 2. The van der Waals surface area contributed by atoms with Crippen LogP contribution in [-0.4, -0.2) is 31.1 Å². The van der Waals surface area contributed by atoms with Crippen LogP contribution in [0.2, 0.25) is 0 Å². The lowest BCUT2D eigenvalue weighted by Crippen LogP contribution is -2.38. The highest BCUT2D eigenvalue weighted by Gasteiger charge is 2.38. The molecule has 0 saturated heterocycles. The minimum absolute atomic E-state index is 0.0669. The zero-order valence-corrected chi connectivity index (χ0v) is 12.1. The Hall–Kier alpha value is -1.27. The summed E-state index contributed by atoms with van der Waals surface area (Å²) in [5.41, 5.74) is 0. The molecule has 1 aliphatic carbocycles. The topological polar surface area (TPSA) is 58.2 Å². The second kappa shape index (κ2) is 8.89. The third kappa shape index (κ3) is 7.92. The fraction of sp³-hybridized carbons (Fsp3) is 0.857. The van der Waals surface area contributed by atoms with Crippen LogP contribution in [0.3, 0.4) is 0 Å². The van der Waals surface area contributed by atoms with E-state index < -0.39 is 12.1 Å². The van der Waals surface area contributed by atoms with Crippen molar-refractivity contribution < 1.29 is 22.8 Å². The second-order valence-corrected chi connectivity index (χ2v) is 5.50. The van der Waals surface area contributed by atoms with Crippen LogP contribution in [0.25, 0.3) is 0 Å². The summed E-state index contributed by atoms with van der Waals surface area (Å²) in [6, 6.07) is 0. The third-order valence-corrected chi connectivity index (χ3v) is 3.72. The summed E-state index contributed by atoms with van der Waals surface area (Å²) in [5, 5.41) is 4.43. The number of rotatable bonds is 7. The monoisotopic (exact) mass is 308 g/mol. The molecule has 2 N–H and O–H groups in total. The molecule has 21 heavy (non-hydrogen) atoms. The third-order valence-electron chi connectivity index (χ3n) is 3.72. The first-order chi connectivity index (χ1) is 9.89. The van der Waals surface area contributed by atoms with Crippen molar-refractivity contribution in [3.63, 3.8) is 0 Å². The van der Waals surface area contributed by atoms with Gasteiger partial charge in [0.1, 0.15) is 0 Å². The highest BCUT2D eigenvalue weighted by atomic mass is 19.4. The van der Waals surface area contributed by atoms with Crippen LogP contribution in [0, 0.1) is 5.92 Å². The van der Waals surface area contributed by atoms with E-state index in [1.54, 1.807) is 5.32 Å². The molecule has 0 aromatic heterocycles. The van der Waals surface area contributed by atoms with Crippen LogP contribution >= 0.6 is 0 Å². The van der Waals surface area contributed by atoms with E-state index >= 15 is 0 Å². The largest absolute Gasteiger partial charge is 0.471 e. The molecule has 0 aromatic rings. The predicted octanol–water partition coefficient (Wildman–Crippen LogP) is 2.53. The normalized spacial score (nSPS) is 16.5. The van der Waals surface area contributed by atoms with Crippen molar-refractivity contribution in [2.75, 3.05) is 13.1 Å². The minimum Gasteiger partial charge on any atom is -0.356 e. The lowest BCUT2D eigenvalue weighted by molar-refractivity contribution is -0.173. The van der Waals surface area contributed by atoms with E-state index in [2.05, 4.69) is 5.32 Å². The van der Waals surface area contributed by atoms with Gasteiger partial charge in [-0.05, 0) is 18.8 Å². The van der Waals surface area contributed by atoms with Gasteiger partial charge in [0, 0.05) is 19.5 Å². The van der Waals surface area contributed by atoms with Gasteiger partial charge in [0.2, 0.25) is 5.91 Å². The summed E-state index contributed by atoms with van der Waals surface area (Å²) in [4.78, 5) is 22.1. The molecule has 7 heteroatoms. The average molecular weight is 308 g/mol. The number of nitrogens with one attached hydrogen (secondary N) is 2. The van der Waals surface area contributed by atoms with E-state index in [1.165, 1.54) is 32.1 Å². The standard InChI is InChI=1S/C14H23F3N2O2/c15-14(16,17)13(21)19-10-4-9-18-12(20)8-7-11-5-2-1-3-6-11/h11H,1-10H2,(H,18,20)(H,19,21). The highest BCUT2D eigenvalue weighted by molar-refractivity contribution is 5.81. The van der Waals surface area contributed by atoms with Gasteiger partial charge in [-0.3, -0.25) is 9.59 Å². The summed E-state index contributed by atoms with van der Waals surface area (Å²) in [6.45, 7) is 0.183. The van der Waals surface area contributed by atoms with Gasteiger partial charge in [-0.1, -0.05) is 32.1 Å². The highest BCUT2D eigenvalue weighted by Crippen LogP contribution is 2.27. The molecule has 122 valence electrons. The van der Waals surface area contributed by atoms with Gasteiger partial charge in [-0.15, -0.1) is 0 Å². The number of hydrogen-bond donors (Lipinski definition) is 2. The fourth-order valence-corrected chi connectivity index (χ4v) is 2.52. The first-order valence-electron chi connectivity index (χ1n) is 7.51. The summed E-state index contributed by atoms with van der Waals surface area (Å²) >= 11 is 0. The van der Waals surface area contributed by atoms with Crippen molar-refractivity contribution >= 4 is 11.8 Å². The lowest BCUT2D eigenvalue weighted by atomic mass is 9.86. The van der Waals surface area contributed by atoms with Gasteiger partial charge < -0.3 is 10.6 Å². The van der Waals surface area contributed by atoms with Gasteiger partial charge in [-0.2, -0.15) is 13.2 Å². The van der Waals surface area contributed by atoms with Gasteiger partial charge in [0.05, 0.1) is 0 Å². The molecule has 0 heterocycles. The van der Waals surface area contributed by atoms with Gasteiger partial charge >= 0.3 is 12.1 Å². The van der Waals surface area contributed by atoms with E-state index in [1.807, 2.05) is 0 Å². The maximum Gasteiger partial charge on any atom is 0.471 e. The first kappa shape index (κ1) is 17.8. The van der Waals surface area contributed by atoms with Crippen molar-refractivity contribution in [1.82, 2.24) is 10.6 Å². The fourth-order valence-electron chi connectivity index (χ4n) is 2.52. The van der Waals surface area contributed by atoms with Crippen LogP contribution < -0.4 is 10.6 Å². The van der Waals surface area contributed by atoms with E-state index in [0.717, 1.165) is 6.42 Å². The van der Waals surface area contributed by atoms with Crippen LogP contribution in [0.4, 0.5) is 13.2 Å². The molecule has 0 radical (unpaired) electrons. The number of amides is 2. The van der Waals surface area contributed by atoms with Crippen molar-refractivity contribution in [2.24, 2.45) is 5.92 Å². The molecule has 2 amide bonds. The Morgan fingerprint density at radius 3 is 2.24 bits per heavy atom. The van der Waals surface area contributed by atoms with Gasteiger partial charge in [-0.25, -0.2) is 0 Å². The molecular formula is C14H23F3N2O2. The van der Waals surface area contributed by atoms with Crippen LogP contribution in [-0.2, 0) is 9.59 Å². The lowest BCUT2D eigenvalue weighted by Gasteiger charge is -2.20. The molecule has 1 aliphatic rings. The molecule has 1 saturated carbocycles. The predicted molar refractivity (Wildman–Crippen MR) is 72.5 cm³/mol. The number of alkyl halides is 3. The Bertz CT molecular complexity index is 340. The molecule has 1 fully saturated rings. The molecule has 0 unspecified atom stereocenters. The number of halogens is 3. The Labute approximate surface area is 122 Å². The molecule has 4 nitrogen and oxygen atoms in total. The summed E-state index contributed by atoms with van der Waals surface area (Å²) in [6.07, 6.45) is 2.95. The first-order valence-corrected chi connectivity index (χ1v) is 7.51. The molecule has 0 aromatic carbocycles. The molecular weight excluding hydrogens is 285 g/mol. The quantitative estimate of drug-likeness (QED) is 0.710. The van der Waals surface area contributed by atoms with Crippen LogP contribution in [0.5, 0.6) is 0 Å². The molecule has 0 aliphatic heterocycles. The summed E-state index contributed by atoms with van der Waals surface area (Å²) in [7, 11) is 0. The minimum atomic E-state index is -4.84. The summed E-state index contributed by atoms with van der Waals surface area (Å²) in [5.74, 6) is -1.37. The molecule has 1 rings (SSSR count). The summed E-state index contributed by atoms with van der Waals surface area (Å²) < 4.78 is 35.6. The van der Waals surface area contributed by atoms with Gasteiger partial charge in [0.25, 0.3) is 0 Å². The molecule has 0 spiro atoms. The van der Waals surface area contributed by atoms with Crippen molar-refractivity contribution in [3.8, 4) is 0 Å². The van der Waals surface area contributed by atoms with E-state index in [0.29, 0.717) is 12.3 Å². The van der Waals surface area contributed by atoms with Crippen molar-refractivity contribution in [3.05, 3.63) is 0 Å². The zero-order valence-electron chi connectivity index (χ0n) is 12.1. The van der Waals surface area contributed by atoms with E-state index in [9.17, 15) is 22.8 Å². The SMILES string of the molecule is O=C(CCC1CCCCC1)NCCCNC(=O)C(F)(F)F. The van der Waals surface area contributed by atoms with Gasteiger partial charge in [0.15, 0.2) is 0 Å². The van der Waals surface area contributed by atoms with Crippen molar-refractivity contribution in [1.29, 1.82) is 0 Å².